The quantitative estimate of drug-likeness (QED) is 0.225. The Morgan fingerprint density at radius 2 is 1.81 bits per heavy atom. The maximum Gasteiger partial charge on any atom is 0.255 e. The van der Waals surface area contributed by atoms with Gasteiger partial charge in [0.05, 0.1) is 17.3 Å². The van der Waals surface area contributed by atoms with Gasteiger partial charge in [0, 0.05) is 22.6 Å². The van der Waals surface area contributed by atoms with Gasteiger partial charge in [-0.1, -0.05) is 60.7 Å². The van der Waals surface area contributed by atoms with Gasteiger partial charge in [-0.15, -0.1) is 30.1 Å². The minimum Gasteiger partial charge on any atom is -0.508 e. The van der Waals surface area contributed by atoms with Crippen LogP contribution < -0.4 is 5.32 Å². The molecule has 0 radical (unpaired) electrons. The van der Waals surface area contributed by atoms with Crippen molar-refractivity contribution >= 4 is 41.2 Å². The number of phenols is 1. The third-order valence-electron chi connectivity index (χ3n) is 7.60. The van der Waals surface area contributed by atoms with E-state index in [9.17, 15) is 24.6 Å². The Hall–Kier alpha value is -3.73. The van der Waals surface area contributed by atoms with Gasteiger partial charge in [-0.2, -0.15) is 0 Å². The van der Waals surface area contributed by atoms with Crippen molar-refractivity contribution in [1.29, 1.82) is 0 Å². The molecule has 3 aromatic carbocycles. The summed E-state index contributed by atoms with van der Waals surface area (Å²) in [4.78, 5) is 45.3. The molecule has 8 nitrogen and oxygen atoms in total. The summed E-state index contributed by atoms with van der Waals surface area (Å²) in [5, 5.41) is 24.2. The lowest BCUT2D eigenvalue weighted by molar-refractivity contribution is -0.148. The second-order valence-corrected chi connectivity index (χ2v) is 12.4. The zero-order valence-corrected chi connectivity index (χ0v) is 26.1. The van der Waals surface area contributed by atoms with Gasteiger partial charge in [0.25, 0.3) is 17.7 Å². The van der Waals surface area contributed by atoms with E-state index in [-0.39, 0.29) is 34.9 Å². The van der Waals surface area contributed by atoms with Crippen molar-refractivity contribution in [2.24, 2.45) is 0 Å². The van der Waals surface area contributed by atoms with Gasteiger partial charge in [-0.25, -0.2) is 0 Å². The summed E-state index contributed by atoms with van der Waals surface area (Å²) in [5.41, 5.74) is 2.43. The standard InChI is InChI=1S/C33H37N3O5S2/c1-5-27-32(40)35(19-24-14-9-10-17-29(24)42-4)22(3)43-20-36(27)33(41)30(38)26(18-23-12-7-6-8-13-23)34-31(39)25-15-11-16-28(37)21(25)2/h5-17,22,26-27,30,37-38H,1,18-20H2,2-4H3,(H,34,39)/t22?,26-,27-,30-/m0/s1. The largest absolute Gasteiger partial charge is 0.508 e. The third-order valence-corrected chi connectivity index (χ3v) is 9.61. The molecule has 0 aliphatic carbocycles. The normalized spacial score (nSPS) is 18.5. The minimum absolute atomic E-state index is 0.0309. The second kappa shape index (κ2) is 14.6. The van der Waals surface area contributed by atoms with E-state index >= 15 is 0 Å². The van der Waals surface area contributed by atoms with Gasteiger partial charge >= 0.3 is 0 Å². The first-order valence-electron chi connectivity index (χ1n) is 13.9. The summed E-state index contributed by atoms with van der Waals surface area (Å²) >= 11 is 3.02. The first kappa shape index (κ1) is 32.2. The molecule has 1 aliphatic rings. The van der Waals surface area contributed by atoms with Crippen molar-refractivity contribution in [1.82, 2.24) is 15.1 Å². The molecule has 1 saturated heterocycles. The molecule has 3 amide bonds. The van der Waals surface area contributed by atoms with E-state index in [0.29, 0.717) is 12.1 Å². The molecule has 1 aliphatic heterocycles. The number of phenolic OH excluding ortho intramolecular Hbond substituents is 1. The van der Waals surface area contributed by atoms with Crippen molar-refractivity contribution in [2.45, 2.75) is 55.3 Å². The van der Waals surface area contributed by atoms with Crippen LogP contribution in [0.25, 0.3) is 0 Å². The lowest BCUT2D eigenvalue weighted by atomic mass is 9.98. The highest BCUT2D eigenvalue weighted by Gasteiger charge is 2.41. The number of thioether (sulfide) groups is 2. The monoisotopic (exact) mass is 619 g/mol. The van der Waals surface area contributed by atoms with E-state index in [1.807, 2.05) is 67.8 Å². The Labute approximate surface area is 261 Å². The van der Waals surface area contributed by atoms with Crippen LogP contribution in [0, 0.1) is 6.92 Å². The average Bonchev–Trinajstić information content (AvgIpc) is 3.13. The number of hydrogen-bond donors (Lipinski definition) is 3. The van der Waals surface area contributed by atoms with Crippen LogP contribution in [-0.2, 0) is 22.6 Å². The van der Waals surface area contributed by atoms with Crippen molar-refractivity contribution < 1.29 is 24.6 Å². The SMILES string of the molecule is C=C[C@H]1C(=O)N(Cc2ccccc2SC)C(C)SCN1C(=O)[C@@H](O)[C@H](Cc1ccccc1)NC(=O)c1cccc(O)c1C. The Morgan fingerprint density at radius 1 is 1.12 bits per heavy atom. The molecular weight excluding hydrogens is 583 g/mol. The summed E-state index contributed by atoms with van der Waals surface area (Å²) in [5.74, 6) is -1.38. The van der Waals surface area contributed by atoms with E-state index in [2.05, 4.69) is 11.9 Å². The smallest absolute Gasteiger partial charge is 0.255 e. The van der Waals surface area contributed by atoms with Crippen LogP contribution in [0.3, 0.4) is 0 Å². The molecule has 1 fully saturated rings. The number of amides is 3. The summed E-state index contributed by atoms with van der Waals surface area (Å²) in [7, 11) is 0. The van der Waals surface area contributed by atoms with Crippen LogP contribution in [0.2, 0.25) is 0 Å². The van der Waals surface area contributed by atoms with E-state index < -0.39 is 30.0 Å². The van der Waals surface area contributed by atoms with E-state index in [1.54, 1.807) is 35.7 Å². The van der Waals surface area contributed by atoms with Crippen molar-refractivity contribution in [3.05, 3.63) is 108 Å². The molecule has 10 heteroatoms. The number of aliphatic hydroxyl groups is 1. The van der Waals surface area contributed by atoms with E-state index in [1.165, 1.54) is 28.8 Å². The van der Waals surface area contributed by atoms with Gasteiger partial charge in [0.15, 0.2) is 6.10 Å². The highest BCUT2D eigenvalue weighted by molar-refractivity contribution is 7.99. The summed E-state index contributed by atoms with van der Waals surface area (Å²) in [6.45, 7) is 7.77. The third kappa shape index (κ3) is 7.44. The summed E-state index contributed by atoms with van der Waals surface area (Å²) < 4.78 is 0. The summed E-state index contributed by atoms with van der Waals surface area (Å²) in [6.07, 6.45) is 1.93. The van der Waals surface area contributed by atoms with Crippen LogP contribution in [0.1, 0.15) is 34.0 Å². The number of nitrogens with zero attached hydrogens (tertiary/aromatic N) is 2. The van der Waals surface area contributed by atoms with Gasteiger partial charge in [-0.3, -0.25) is 14.4 Å². The molecule has 3 aromatic rings. The van der Waals surface area contributed by atoms with Crippen molar-refractivity contribution in [2.75, 3.05) is 12.1 Å². The Kier molecular flexibility index (Phi) is 11.0. The number of benzene rings is 3. The van der Waals surface area contributed by atoms with Crippen LogP contribution in [0.15, 0.2) is 90.3 Å². The Morgan fingerprint density at radius 3 is 2.51 bits per heavy atom. The number of hydrogen-bond acceptors (Lipinski definition) is 7. The van der Waals surface area contributed by atoms with Crippen LogP contribution in [0.4, 0.5) is 0 Å². The molecule has 4 atom stereocenters. The molecule has 0 spiro atoms. The first-order valence-corrected chi connectivity index (χ1v) is 16.2. The van der Waals surface area contributed by atoms with Crippen molar-refractivity contribution in [3.63, 3.8) is 0 Å². The molecule has 4 rings (SSSR count). The number of carbonyl (C=O) groups excluding carboxylic acids is 3. The second-order valence-electron chi connectivity index (χ2n) is 10.3. The highest BCUT2D eigenvalue weighted by atomic mass is 32.2. The number of carbonyl (C=O) groups is 3. The maximum atomic E-state index is 14.0. The number of nitrogens with one attached hydrogen (secondary N) is 1. The zero-order chi connectivity index (χ0) is 31.1. The van der Waals surface area contributed by atoms with Gasteiger partial charge in [0.1, 0.15) is 11.8 Å². The molecule has 3 N–H and O–H groups in total. The number of rotatable bonds is 10. The minimum atomic E-state index is -1.66. The van der Waals surface area contributed by atoms with Crippen LogP contribution >= 0.6 is 23.5 Å². The topological polar surface area (TPSA) is 110 Å². The van der Waals surface area contributed by atoms with Crippen molar-refractivity contribution in [3.8, 4) is 5.75 Å². The van der Waals surface area contributed by atoms with Gasteiger partial charge in [-0.05, 0) is 55.9 Å². The molecule has 43 heavy (non-hydrogen) atoms. The molecule has 1 heterocycles. The van der Waals surface area contributed by atoms with Crippen LogP contribution in [0.5, 0.6) is 5.75 Å². The van der Waals surface area contributed by atoms with Gasteiger partial charge < -0.3 is 25.3 Å². The predicted molar refractivity (Wildman–Crippen MR) is 172 cm³/mol. The number of aliphatic hydroxyl groups excluding tert-OH is 1. The van der Waals surface area contributed by atoms with E-state index in [0.717, 1.165) is 16.0 Å². The fourth-order valence-corrected chi connectivity index (χ4v) is 6.69. The summed E-state index contributed by atoms with van der Waals surface area (Å²) in [6, 6.07) is 19.7. The molecule has 0 saturated carbocycles. The maximum absolute atomic E-state index is 14.0. The highest BCUT2D eigenvalue weighted by Crippen LogP contribution is 2.30. The van der Waals surface area contributed by atoms with Gasteiger partial charge in [0.2, 0.25) is 0 Å². The Bertz CT molecular complexity index is 1470. The first-order chi connectivity index (χ1) is 20.7. The zero-order valence-electron chi connectivity index (χ0n) is 24.5. The lowest BCUT2D eigenvalue weighted by Gasteiger charge is -2.33. The fraction of sp³-hybridized carbons (Fsp3) is 0.303. The molecule has 226 valence electrons. The predicted octanol–water partition coefficient (Wildman–Crippen LogP) is 4.59. The average molecular weight is 620 g/mol. The number of aromatic hydroxyl groups is 1. The lowest BCUT2D eigenvalue weighted by Crippen LogP contribution is -2.56. The molecule has 0 bridgehead atoms. The molecular formula is C33H37N3O5S2. The fourth-order valence-electron chi connectivity index (χ4n) is 5.06. The Balaban J connectivity index is 1.60. The van der Waals surface area contributed by atoms with E-state index in [4.69, 9.17) is 0 Å². The molecule has 0 aromatic heterocycles. The van der Waals surface area contributed by atoms with Crippen LogP contribution in [-0.4, -0.2) is 73.4 Å². The molecule has 1 unspecified atom stereocenters.